The van der Waals surface area contributed by atoms with Crippen LogP contribution in [0.4, 0.5) is 0 Å². The Hall–Kier alpha value is -1.35. The molecule has 0 spiro atoms. The van der Waals surface area contributed by atoms with Crippen molar-refractivity contribution >= 4 is 5.78 Å². The third kappa shape index (κ3) is 2.56. The fourth-order valence-electron chi connectivity index (χ4n) is 2.37. The van der Waals surface area contributed by atoms with Crippen LogP contribution in [0.2, 0.25) is 0 Å². The quantitative estimate of drug-likeness (QED) is 0.832. The fraction of sp³-hybridized carbons (Fsp3) is 0.533. The average Bonchev–Trinajstić information content (AvgIpc) is 2.37. The van der Waals surface area contributed by atoms with Crippen LogP contribution >= 0.6 is 0 Å². The van der Waals surface area contributed by atoms with E-state index in [2.05, 4.69) is 0 Å². The van der Waals surface area contributed by atoms with Gasteiger partial charge < -0.3 is 10.5 Å². The van der Waals surface area contributed by atoms with Crippen LogP contribution in [-0.4, -0.2) is 18.9 Å². The van der Waals surface area contributed by atoms with Crippen LogP contribution in [0.15, 0.2) is 18.2 Å². The van der Waals surface area contributed by atoms with Crippen LogP contribution in [0.3, 0.4) is 0 Å². The van der Waals surface area contributed by atoms with E-state index in [-0.39, 0.29) is 5.78 Å². The van der Waals surface area contributed by atoms with Crippen molar-refractivity contribution in [2.75, 3.05) is 13.2 Å². The van der Waals surface area contributed by atoms with Gasteiger partial charge in [0.1, 0.15) is 5.75 Å². The molecule has 3 heteroatoms. The molecule has 0 aliphatic carbocycles. The zero-order valence-electron chi connectivity index (χ0n) is 11.2. The summed E-state index contributed by atoms with van der Waals surface area (Å²) < 4.78 is 5.56. The molecule has 0 atom stereocenters. The van der Waals surface area contributed by atoms with Crippen LogP contribution in [0.5, 0.6) is 5.75 Å². The normalized spacial score (nSPS) is 14.8. The SMILES string of the molecule is CC(C)(CCN)C(=O)c1ccc2c(c1)CCCO2. The van der Waals surface area contributed by atoms with E-state index in [4.69, 9.17) is 10.5 Å². The number of ketones is 1. The first-order valence-electron chi connectivity index (χ1n) is 6.55. The van der Waals surface area contributed by atoms with Crippen molar-refractivity contribution in [3.05, 3.63) is 29.3 Å². The zero-order chi connectivity index (χ0) is 13.2. The second-order valence-corrected chi connectivity index (χ2v) is 5.53. The Morgan fingerprint density at radius 1 is 1.44 bits per heavy atom. The molecule has 0 aromatic heterocycles. The lowest BCUT2D eigenvalue weighted by molar-refractivity contribution is 0.0829. The fourth-order valence-corrected chi connectivity index (χ4v) is 2.37. The van der Waals surface area contributed by atoms with Crippen LogP contribution in [0.25, 0.3) is 0 Å². The predicted molar refractivity (Wildman–Crippen MR) is 72.0 cm³/mol. The topological polar surface area (TPSA) is 52.3 Å². The molecule has 0 saturated heterocycles. The molecule has 2 N–H and O–H groups in total. The van der Waals surface area contributed by atoms with Crippen LogP contribution < -0.4 is 10.5 Å². The first-order chi connectivity index (χ1) is 8.54. The highest BCUT2D eigenvalue weighted by molar-refractivity contribution is 6.00. The van der Waals surface area contributed by atoms with E-state index in [1.165, 1.54) is 0 Å². The summed E-state index contributed by atoms with van der Waals surface area (Å²) in [5, 5.41) is 0. The predicted octanol–water partition coefficient (Wildman–Crippen LogP) is 2.57. The summed E-state index contributed by atoms with van der Waals surface area (Å²) in [5.74, 6) is 1.09. The summed E-state index contributed by atoms with van der Waals surface area (Å²) in [6.45, 7) is 5.22. The molecular weight excluding hydrogens is 226 g/mol. The summed E-state index contributed by atoms with van der Waals surface area (Å²) >= 11 is 0. The van der Waals surface area contributed by atoms with Gasteiger partial charge in [0, 0.05) is 11.0 Å². The van der Waals surface area contributed by atoms with Gasteiger partial charge in [-0.15, -0.1) is 0 Å². The van der Waals surface area contributed by atoms with Gasteiger partial charge >= 0.3 is 0 Å². The molecule has 0 amide bonds. The van der Waals surface area contributed by atoms with Crippen molar-refractivity contribution in [3.63, 3.8) is 0 Å². The largest absolute Gasteiger partial charge is 0.493 e. The second kappa shape index (κ2) is 5.11. The molecule has 0 fully saturated rings. The van der Waals surface area contributed by atoms with Crippen molar-refractivity contribution in [2.24, 2.45) is 11.1 Å². The zero-order valence-corrected chi connectivity index (χ0v) is 11.2. The lowest BCUT2D eigenvalue weighted by Gasteiger charge is -2.24. The molecule has 0 radical (unpaired) electrons. The summed E-state index contributed by atoms with van der Waals surface area (Å²) in [4.78, 5) is 12.4. The lowest BCUT2D eigenvalue weighted by atomic mass is 9.81. The van der Waals surface area contributed by atoms with Crippen molar-refractivity contribution in [1.29, 1.82) is 0 Å². The standard InChI is InChI=1S/C15H21NO2/c1-15(2,7-8-16)14(17)12-5-6-13-11(10-12)4-3-9-18-13/h5-6,10H,3-4,7-9,16H2,1-2H3. The van der Waals surface area contributed by atoms with Crippen LogP contribution in [0.1, 0.15) is 42.6 Å². The number of benzene rings is 1. The maximum atomic E-state index is 12.4. The Morgan fingerprint density at radius 3 is 2.94 bits per heavy atom. The monoisotopic (exact) mass is 247 g/mol. The number of ether oxygens (including phenoxy) is 1. The molecule has 18 heavy (non-hydrogen) atoms. The lowest BCUT2D eigenvalue weighted by Crippen LogP contribution is -2.27. The Kier molecular flexibility index (Phi) is 3.71. The van der Waals surface area contributed by atoms with Crippen LogP contribution in [-0.2, 0) is 6.42 Å². The number of carbonyl (C=O) groups is 1. The minimum atomic E-state index is -0.390. The van der Waals surface area contributed by atoms with E-state index in [0.29, 0.717) is 13.0 Å². The Labute approximate surface area is 108 Å². The van der Waals surface area contributed by atoms with Gasteiger partial charge in [-0.05, 0) is 49.6 Å². The number of nitrogens with two attached hydrogens (primary N) is 1. The van der Waals surface area contributed by atoms with Crippen molar-refractivity contribution in [1.82, 2.24) is 0 Å². The molecule has 1 aliphatic rings. The summed E-state index contributed by atoms with van der Waals surface area (Å²) in [6.07, 6.45) is 2.73. The number of rotatable bonds is 4. The molecule has 0 bridgehead atoms. The Morgan fingerprint density at radius 2 is 2.22 bits per heavy atom. The molecular formula is C15H21NO2. The number of hydrogen-bond donors (Lipinski definition) is 1. The molecule has 1 aliphatic heterocycles. The number of fused-ring (bicyclic) bond motifs is 1. The summed E-state index contributed by atoms with van der Waals surface area (Å²) in [7, 11) is 0. The Balaban J connectivity index is 2.26. The van der Waals surface area contributed by atoms with Gasteiger partial charge in [0.25, 0.3) is 0 Å². The van der Waals surface area contributed by atoms with E-state index in [9.17, 15) is 4.79 Å². The molecule has 98 valence electrons. The maximum Gasteiger partial charge on any atom is 0.168 e. The van der Waals surface area contributed by atoms with E-state index >= 15 is 0 Å². The number of Topliss-reactive ketones (excluding diaryl/α,β-unsaturated/α-hetero) is 1. The van der Waals surface area contributed by atoms with Gasteiger partial charge in [-0.1, -0.05) is 13.8 Å². The van der Waals surface area contributed by atoms with Crippen molar-refractivity contribution in [3.8, 4) is 5.75 Å². The highest BCUT2D eigenvalue weighted by Crippen LogP contribution is 2.30. The van der Waals surface area contributed by atoms with E-state index in [1.807, 2.05) is 32.0 Å². The van der Waals surface area contributed by atoms with E-state index in [0.717, 1.165) is 36.3 Å². The van der Waals surface area contributed by atoms with Crippen LogP contribution in [0, 0.1) is 5.41 Å². The average molecular weight is 247 g/mol. The van der Waals surface area contributed by atoms with Gasteiger partial charge in [0.05, 0.1) is 6.61 Å². The molecule has 1 aromatic rings. The molecule has 1 heterocycles. The van der Waals surface area contributed by atoms with Gasteiger partial charge in [-0.3, -0.25) is 4.79 Å². The van der Waals surface area contributed by atoms with E-state index in [1.54, 1.807) is 0 Å². The minimum Gasteiger partial charge on any atom is -0.493 e. The third-order valence-corrected chi connectivity index (χ3v) is 3.55. The first kappa shape index (κ1) is 13.1. The number of carbonyl (C=O) groups excluding carboxylic acids is 1. The maximum absolute atomic E-state index is 12.4. The number of hydrogen-bond acceptors (Lipinski definition) is 3. The Bertz CT molecular complexity index is 452. The van der Waals surface area contributed by atoms with Crippen molar-refractivity contribution in [2.45, 2.75) is 33.1 Å². The molecule has 0 unspecified atom stereocenters. The van der Waals surface area contributed by atoms with Gasteiger partial charge in [-0.25, -0.2) is 0 Å². The van der Waals surface area contributed by atoms with Crippen molar-refractivity contribution < 1.29 is 9.53 Å². The molecule has 2 rings (SSSR count). The number of aryl methyl sites for hydroxylation is 1. The minimum absolute atomic E-state index is 0.168. The third-order valence-electron chi connectivity index (χ3n) is 3.55. The van der Waals surface area contributed by atoms with E-state index < -0.39 is 5.41 Å². The highest BCUT2D eigenvalue weighted by Gasteiger charge is 2.28. The summed E-state index contributed by atoms with van der Waals surface area (Å²) in [5.41, 5.74) is 7.10. The molecule has 0 saturated carbocycles. The smallest absolute Gasteiger partial charge is 0.168 e. The second-order valence-electron chi connectivity index (χ2n) is 5.53. The molecule has 3 nitrogen and oxygen atoms in total. The van der Waals surface area contributed by atoms with Gasteiger partial charge in [0.2, 0.25) is 0 Å². The van der Waals surface area contributed by atoms with Gasteiger partial charge in [-0.2, -0.15) is 0 Å². The highest BCUT2D eigenvalue weighted by atomic mass is 16.5. The molecule has 1 aromatic carbocycles. The summed E-state index contributed by atoms with van der Waals surface area (Å²) in [6, 6.07) is 5.76. The van der Waals surface area contributed by atoms with Gasteiger partial charge in [0.15, 0.2) is 5.78 Å². The first-order valence-corrected chi connectivity index (χ1v) is 6.55.